The van der Waals surface area contributed by atoms with Gasteiger partial charge in [0.15, 0.2) is 0 Å². The maximum atomic E-state index is 13.1. The van der Waals surface area contributed by atoms with Crippen LogP contribution in [-0.2, 0) is 6.54 Å². The topological polar surface area (TPSA) is 55.1 Å². The summed E-state index contributed by atoms with van der Waals surface area (Å²) in [6.45, 7) is 2.30. The molecule has 146 valence electrons. The molecule has 4 rings (SSSR count). The number of nitrogens with one attached hydrogen (secondary N) is 1. The zero-order chi connectivity index (χ0) is 20.4. The number of benzene rings is 2. The van der Waals surface area contributed by atoms with Crippen LogP contribution in [0.1, 0.15) is 16.8 Å². The third kappa shape index (κ3) is 4.23. The Morgan fingerprint density at radius 2 is 1.93 bits per heavy atom. The first kappa shape index (κ1) is 19.4. The minimum Gasteiger partial charge on any atom is -0.278 e. The van der Waals surface area contributed by atoms with Crippen molar-refractivity contribution in [3.05, 3.63) is 87.5 Å². The molecule has 0 atom stereocenters. The summed E-state index contributed by atoms with van der Waals surface area (Å²) in [4.78, 5) is 4.31. The third-order valence-electron chi connectivity index (χ3n) is 4.44. The fourth-order valence-corrected chi connectivity index (χ4v) is 3.42. The summed E-state index contributed by atoms with van der Waals surface area (Å²) in [6.07, 6.45) is 3.32. The second-order valence-corrected chi connectivity index (χ2v) is 7.26. The molecule has 0 saturated carbocycles. The van der Waals surface area contributed by atoms with Gasteiger partial charge in [-0.05, 0) is 48.9 Å². The molecule has 5 nitrogen and oxygen atoms in total. The second kappa shape index (κ2) is 8.19. The number of aromatic nitrogens is 3. The van der Waals surface area contributed by atoms with Gasteiger partial charge in [0.25, 0.3) is 0 Å². The van der Waals surface area contributed by atoms with Crippen LogP contribution in [-0.4, -0.2) is 21.0 Å². The van der Waals surface area contributed by atoms with Gasteiger partial charge < -0.3 is 0 Å². The van der Waals surface area contributed by atoms with E-state index >= 15 is 0 Å². The average molecular weight is 428 g/mol. The Morgan fingerprint density at radius 1 is 1.14 bits per heavy atom. The lowest BCUT2D eigenvalue weighted by Gasteiger charge is -2.05. The molecule has 1 N–H and O–H groups in total. The van der Waals surface area contributed by atoms with Gasteiger partial charge in [-0.3, -0.25) is 10.4 Å². The Kier molecular flexibility index (Phi) is 5.47. The lowest BCUT2D eigenvalue weighted by molar-refractivity contribution is 0.624. The van der Waals surface area contributed by atoms with E-state index in [2.05, 4.69) is 20.6 Å². The standard InChI is InChI=1S/C21H16Cl2FN5/c1-13-18(21(23)29(28-13)12-14-2-5-16(24)6-3-14)11-26-27-19-8-9-25-20-10-15(22)4-7-17(19)20/h2-11H,12H2,1H3,(H,25,27). The van der Waals surface area contributed by atoms with Crippen LogP contribution in [0, 0.1) is 12.7 Å². The Bertz CT molecular complexity index is 1200. The van der Waals surface area contributed by atoms with E-state index in [1.54, 1.807) is 41.4 Å². The van der Waals surface area contributed by atoms with E-state index in [0.717, 1.165) is 27.8 Å². The summed E-state index contributed by atoms with van der Waals surface area (Å²) in [6, 6.07) is 13.6. The van der Waals surface area contributed by atoms with Crippen molar-refractivity contribution in [3.8, 4) is 0 Å². The minimum atomic E-state index is -0.277. The van der Waals surface area contributed by atoms with Crippen LogP contribution in [0.3, 0.4) is 0 Å². The quantitative estimate of drug-likeness (QED) is 0.329. The van der Waals surface area contributed by atoms with Gasteiger partial charge in [-0.2, -0.15) is 10.2 Å². The van der Waals surface area contributed by atoms with Crippen LogP contribution in [0.25, 0.3) is 10.9 Å². The van der Waals surface area contributed by atoms with Gasteiger partial charge in [0.1, 0.15) is 11.0 Å². The average Bonchev–Trinajstić information content (AvgIpc) is 2.97. The number of aryl methyl sites for hydroxylation is 1. The first-order valence-electron chi connectivity index (χ1n) is 8.82. The van der Waals surface area contributed by atoms with Crippen LogP contribution in [0.5, 0.6) is 0 Å². The molecular weight excluding hydrogens is 412 g/mol. The Labute approximate surface area is 176 Å². The molecule has 0 aliphatic rings. The molecule has 0 saturated heterocycles. The van der Waals surface area contributed by atoms with Gasteiger partial charge in [0.05, 0.1) is 35.2 Å². The molecule has 0 aliphatic heterocycles. The summed E-state index contributed by atoms with van der Waals surface area (Å²) >= 11 is 12.5. The van der Waals surface area contributed by atoms with Gasteiger partial charge in [0, 0.05) is 16.6 Å². The molecule has 0 unspecified atom stereocenters. The van der Waals surface area contributed by atoms with E-state index in [4.69, 9.17) is 23.2 Å². The molecule has 0 radical (unpaired) electrons. The van der Waals surface area contributed by atoms with Crippen molar-refractivity contribution in [3.63, 3.8) is 0 Å². The second-order valence-electron chi connectivity index (χ2n) is 6.46. The fourth-order valence-electron chi connectivity index (χ4n) is 2.97. The molecule has 4 aromatic rings. The number of hydrogen-bond donors (Lipinski definition) is 1. The van der Waals surface area contributed by atoms with Crippen LogP contribution < -0.4 is 5.43 Å². The number of fused-ring (bicyclic) bond motifs is 1. The van der Waals surface area contributed by atoms with Crippen molar-refractivity contribution in [1.29, 1.82) is 0 Å². The third-order valence-corrected chi connectivity index (χ3v) is 5.07. The van der Waals surface area contributed by atoms with Crippen molar-refractivity contribution in [2.75, 3.05) is 5.43 Å². The highest BCUT2D eigenvalue weighted by Gasteiger charge is 2.12. The number of halogens is 3. The molecular formula is C21H16Cl2FN5. The number of hydrazone groups is 1. The van der Waals surface area contributed by atoms with Gasteiger partial charge in [-0.15, -0.1) is 0 Å². The van der Waals surface area contributed by atoms with Gasteiger partial charge >= 0.3 is 0 Å². The Balaban J connectivity index is 1.55. The van der Waals surface area contributed by atoms with Crippen molar-refractivity contribution >= 4 is 46.0 Å². The van der Waals surface area contributed by atoms with E-state index in [0.29, 0.717) is 22.3 Å². The molecule has 2 heterocycles. The highest BCUT2D eigenvalue weighted by atomic mass is 35.5. The highest BCUT2D eigenvalue weighted by molar-refractivity contribution is 6.32. The molecule has 8 heteroatoms. The van der Waals surface area contributed by atoms with Crippen molar-refractivity contribution in [2.45, 2.75) is 13.5 Å². The minimum absolute atomic E-state index is 0.277. The predicted molar refractivity (Wildman–Crippen MR) is 115 cm³/mol. The predicted octanol–water partition coefficient (Wildman–Crippen LogP) is 5.68. The first-order chi connectivity index (χ1) is 14.0. The molecule has 0 bridgehead atoms. The van der Waals surface area contributed by atoms with Crippen LogP contribution >= 0.6 is 23.2 Å². The smallest absolute Gasteiger partial charge is 0.136 e. The lowest BCUT2D eigenvalue weighted by Crippen LogP contribution is -2.02. The summed E-state index contributed by atoms with van der Waals surface area (Å²) in [5.41, 5.74) is 6.96. The van der Waals surface area contributed by atoms with Gasteiger partial charge in [-0.1, -0.05) is 35.3 Å². The molecule has 0 aliphatic carbocycles. The zero-order valence-electron chi connectivity index (χ0n) is 15.4. The maximum absolute atomic E-state index is 13.1. The molecule has 2 aromatic carbocycles. The Hall–Kier alpha value is -2.96. The van der Waals surface area contributed by atoms with E-state index in [-0.39, 0.29) is 5.82 Å². The van der Waals surface area contributed by atoms with Gasteiger partial charge in [-0.25, -0.2) is 9.07 Å². The number of anilines is 1. The van der Waals surface area contributed by atoms with Crippen LogP contribution in [0.15, 0.2) is 59.8 Å². The van der Waals surface area contributed by atoms with E-state index in [9.17, 15) is 4.39 Å². The summed E-state index contributed by atoms with van der Waals surface area (Å²) in [5.74, 6) is -0.277. The molecule has 2 aromatic heterocycles. The zero-order valence-corrected chi connectivity index (χ0v) is 16.9. The van der Waals surface area contributed by atoms with E-state index in [1.165, 1.54) is 12.1 Å². The Morgan fingerprint density at radius 3 is 2.72 bits per heavy atom. The lowest BCUT2D eigenvalue weighted by atomic mass is 10.2. The summed E-state index contributed by atoms with van der Waals surface area (Å²) in [7, 11) is 0. The van der Waals surface area contributed by atoms with E-state index in [1.807, 2.05) is 19.1 Å². The first-order valence-corrected chi connectivity index (χ1v) is 9.57. The van der Waals surface area contributed by atoms with Crippen LogP contribution in [0.4, 0.5) is 10.1 Å². The number of rotatable bonds is 5. The number of hydrogen-bond acceptors (Lipinski definition) is 4. The van der Waals surface area contributed by atoms with Crippen molar-refractivity contribution in [1.82, 2.24) is 14.8 Å². The highest BCUT2D eigenvalue weighted by Crippen LogP contribution is 2.25. The molecule has 0 spiro atoms. The normalized spacial score (nSPS) is 11.4. The van der Waals surface area contributed by atoms with Crippen molar-refractivity contribution < 1.29 is 4.39 Å². The molecule has 0 amide bonds. The van der Waals surface area contributed by atoms with Crippen molar-refractivity contribution in [2.24, 2.45) is 5.10 Å². The monoisotopic (exact) mass is 427 g/mol. The number of nitrogens with zero attached hydrogens (tertiary/aromatic N) is 4. The summed E-state index contributed by atoms with van der Waals surface area (Å²) < 4.78 is 14.7. The fraction of sp³-hybridized carbons (Fsp3) is 0.0952. The SMILES string of the molecule is Cc1nn(Cc2ccc(F)cc2)c(Cl)c1C=NNc1ccnc2cc(Cl)ccc12. The molecule has 0 fully saturated rings. The number of pyridine rings is 1. The maximum Gasteiger partial charge on any atom is 0.136 e. The van der Waals surface area contributed by atoms with Gasteiger partial charge in [0.2, 0.25) is 0 Å². The largest absolute Gasteiger partial charge is 0.278 e. The van der Waals surface area contributed by atoms with Crippen LogP contribution in [0.2, 0.25) is 10.2 Å². The summed E-state index contributed by atoms with van der Waals surface area (Å²) in [5, 5.41) is 10.8. The molecule has 29 heavy (non-hydrogen) atoms. The van der Waals surface area contributed by atoms with E-state index < -0.39 is 0 Å².